The molecule has 0 aromatic carbocycles. The Balaban J connectivity index is 3.34. The van der Waals surface area contributed by atoms with E-state index in [-0.39, 0.29) is 0 Å². The average molecular weight is 318 g/mol. The molecule has 0 fully saturated rings. The molecule has 0 bridgehead atoms. The summed E-state index contributed by atoms with van der Waals surface area (Å²) in [6.45, 7) is 4.41. The average Bonchev–Trinajstić information content (AvgIpc) is 2.40. The third kappa shape index (κ3) is 16.2. The van der Waals surface area contributed by atoms with Crippen LogP contribution in [0.1, 0.15) is 77.6 Å². The van der Waals surface area contributed by atoms with Crippen LogP contribution in [0.5, 0.6) is 0 Å². The lowest BCUT2D eigenvalue weighted by molar-refractivity contribution is -0.890. The molecule has 0 aromatic rings. The smallest absolute Gasteiger partial charge is 0.308 e. The van der Waals surface area contributed by atoms with Gasteiger partial charge in [-0.25, -0.2) is 0 Å². The van der Waals surface area contributed by atoms with Crippen LogP contribution in [0.3, 0.4) is 0 Å². The van der Waals surface area contributed by atoms with E-state index < -0.39 is 8.03 Å². The molecule has 0 saturated heterocycles. The maximum atomic E-state index is 10.6. The molecule has 126 valence electrons. The van der Waals surface area contributed by atoms with E-state index in [1.807, 2.05) is 0 Å². The molecule has 0 aliphatic carbocycles. The molecule has 1 unspecified atom stereocenters. The van der Waals surface area contributed by atoms with Gasteiger partial charge in [-0.15, -0.1) is 0 Å². The lowest BCUT2D eigenvalue weighted by Gasteiger charge is -2.29. The van der Waals surface area contributed by atoms with Crippen molar-refractivity contribution in [3.8, 4) is 0 Å². The normalized spacial score (nSPS) is 12.7. The van der Waals surface area contributed by atoms with Gasteiger partial charge in [-0.1, -0.05) is 62.9 Å². The standard InChI is InChI=1S/C17H37NO2P/c1-4-5-6-7-8-9-10-11-12-13-15-18(2,3)16-14-17-21(19)20/h4-17H2,1-3H3/q+1. The summed E-state index contributed by atoms with van der Waals surface area (Å²) in [4.78, 5) is 10.6. The Hall–Kier alpha value is 0.0200. The van der Waals surface area contributed by atoms with Crippen LogP contribution in [-0.4, -0.2) is 37.8 Å². The number of quaternary nitrogens is 1. The number of hydrogen-bond donors (Lipinski definition) is 0. The van der Waals surface area contributed by atoms with Crippen LogP contribution >= 0.6 is 8.03 Å². The summed E-state index contributed by atoms with van der Waals surface area (Å²) in [7, 11) is 2.24. The fourth-order valence-electron chi connectivity index (χ4n) is 2.77. The van der Waals surface area contributed by atoms with Crippen molar-refractivity contribution < 1.29 is 13.9 Å². The molecule has 4 heteroatoms. The zero-order valence-corrected chi connectivity index (χ0v) is 15.5. The van der Waals surface area contributed by atoms with Gasteiger partial charge in [0.15, 0.2) is 0 Å². The summed E-state index contributed by atoms with van der Waals surface area (Å²) < 4.78 is 11.5. The van der Waals surface area contributed by atoms with Gasteiger partial charge in [0.1, 0.15) is 6.16 Å². The fraction of sp³-hybridized carbons (Fsp3) is 1.00. The highest BCUT2D eigenvalue weighted by Crippen LogP contribution is 2.13. The highest BCUT2D eigenvalue weighted by molar-refractivity contribution is 7.36. The van der Waals surface area contributed by atoms with Crippen LogP contribution in [0, 0.1) is 0 Å². The molecule has 3 nitrogen and oxygen atoms in total. The Morgan fingerprint density at radius 2 is 1.19 bits per heavy atom. The molecule has 0 radical (unpaired) electrons. The van der Waals surface area contributed by atoms with Crippen molar-refractivity contribution in [2.45, 2.75) is 77.6 Å². The van der Waals surface area contributed by atoms with E-state index in [9.17, 15) is 9.46 Å². The Morgan fingerprint density at radius 1 is 0.762 bits per heavy atom. The van der Waals surface area contributed by atoms with Crippen molar-refractivity contribution in [3.63, 3.8) is 0 Å². The molecule has 1 atom stereocenters. The second-order valence-electron chi connectivity index (χ2n) is 6.97. The second-order valence-corrected chi connectivity index (χ2v) is 8.09. The van der Waals surface area contributed by atoms with Crippen LogP contribution < -0.4 is 4.89 Å². The van der Waals surface area contributed by atoms with Crippen LogP contribution in [0.4, 0.5) is 0 Å². The Bertz CT molecular complexity index is 257. The number of nitrogens with zero attached hydrogens (tertiary/aromatic N) is 1. The minimum atomic E-state index is -2.19. The van der Waals surface area contributed by atoms with Gasteiger partial charge < -0.3 is 9.38 Å². The third-order valence-corrected chi connectivity index (χ3v) is 4.90. The Kier molecular flexibility index (Phi) is 13.7. The maximum absolute atomic E-state index is 10.6. The quantitative estimate of drug-likeness (QED) is 0.254. The van der Waals surface area contributed by atoms with Crippen LogP contribution in [0.25, 0.3) is 0 Å². The molecule has 0 heterocycles. The van der Waals surface area contributed by atoms with E-state index in [0.29, 0.717) is 6.16 Å². The number of hydrogen-bond acceptors (Lipinski definition) is 2. The highest BCUT2D eigenvalue weighted by Gasteiger charge is 2.15. The van der Waals surface area contributed by atoms with Gasteiger partial charge in [-0.2, -0.15) is 0 Å². The van der Waals surface area contributed by atoms with Gasteiger partial charge in [-0.05, 0) is 12.8 Å². The SMILES string of the molecule is CCCCCCCCCCCC[N+](C)(C)CCC[P+](=O)[O-]. The summed E-state index contributed by atoms with van der Waals surface area (Å²) >= 11 is 0. The topological polar surface area (TPSA) is 40.1 Å². The minimum Gasteiger partial charge on any atom is -0.596 e. The first-order valence-corrected chi connectivity index (χ1v) is 10.3. The second kappa shape index (κ2) is 13.7. The van der Waals surface area contributed by atoms with Gasteiger partial charge in [0, 0.05) is 6.42 Å². The van der Waals surface area contributed by atoms with Crippen molar-refractivity contribution in [1.29, 1.82) is 0 Å². The number of unbranched alkanes of at least 4 members (excludes halogenated alkanes) is 9. The van der Waals surface area contributed by atoms with E-state index >= 15 is 0 Å². The zero-order chi connectivity index (χ0) is 16.0. The van der Waals surface area contributed by atoms with Crippen molar-refractivity contribution in [1.82, 2.24) is 0 Å². The molecule has 0 amide bonds. The molecular formula is C17H37NO2P+. The Labute approximate surface area is 133 Å². The summed E-state index contributed by atoms with van der Waals surface area (Å²) in [5.74, 6) is 0. The largest absolute Gasteiger partial charge is 0.596 e. The predicted octanol–water partition coefficient (Wildman–Crippen LogP) is 4.48. The predicted molar refractivity (Wildman–Crippen MR) is 90.8 cm³/mol. The van der Waals surface area contributed by atoms with E-state index in [1.165, 1.54) is 70.8 Å². The molecule has 0 N–H and O–H groups in total. The number of rotatable bonds is 15. The molecule has 0 rings (SSSR count). The van der Waals surface area contributed by atoms with Gasteiger partial charge >= 0.3 is 8.03 Å². The molecule has 21 heavy (non-hydrogen) atoms. The molecule has 0 saturated carbocycles. The van der Waals surface area contributed by atoms with Gasteiger partial charge in [0.25, 0.3) is 0 Å². The highest BCUT2D eigenvalue weighted by atomic mass is 31.1. The summed E-state index contributed by atoms with van der Waals surface area (Å²) in [6, 6.07) is 0. The van der Waals surface area contributed by atoms with E-state index in [4.69, 9.17) is 0 Å². The third-order valence-electron chi connectivity index (χ3n) is 4.22. The molecule has 0 aliphatic heterocycles. The van der Waals surface area contributed by atoms with Crippen molar-refractivity contribution in [2.24, 2.45) is 0 Å². The van der Waals surface area contributed by atoms with Gasteiger partial charge in [0.2, 0.25) is 0 Å². The first-order valence-electron chi connectivity index (χ1n) is 8.92. The van der Waals surface area contributed by atoms with Crippen molar-refractivity contribution in [3.05, 3.63) is 0 Å². The van der Waals surface area contributed by atoms with Crippen LogP contribution in [0.2, 0.25) is 0 Å². The minimum absolute atomic E-state index is 0.342. The van der Waals surface area contributed by atoms with Crippen LogP contribution in [-0.2, 0) is 4.57 Å². The molecule has 0 spiro atoms. The lowest BCUT2D eigenvalue weighted by atomic mass is 10.1. The van der Waals surface area contributed by atoms with Crippen LogP contribution in [0.15, 0.2) is 0 Å². The van der Waals surface area contributed by atoms with E-state index in [2.05, 4.69) is 21.0 Å². The van der Waals surface area contributed by atoms with Gasteiger partial charge in [0.05, 0.1) is 27.2 Å². The zero-order valence-electron chi connectivity index (χ0n) is 14.6. The molecular weight excluding hydrogens is 281 g/mol. The fourth-order valence-corrected chi connectivity index (χ4v) is 3.17. The van der Waals surface area contributed by atoms with Gasteiger partial charge in [-0.3, -0.25) is 0 Å². The monoisotopic (exact) mass is 318 g/mol. The Morgan fingerprint density at radius 3 is 1.67 bits per heavy atom. The lowest BCUT2D eigenvalue weighted by Crippen LogP contribution is -2.41. The summed E-state index contributed by atoms with van der Waals surface area (Å²) in [6.07, 6.45) is 14.9. The van der Waals surface area contributed by atoms with Crippen molar-refractivity contribution in [2.75, 3.05) is 33.3 Å². The van der Waals surface area contributed by atoms with E-state index in [1.54, 1.807) is 0 Å². The van der Waals surface area contributed by atoms with Crippen molar-refractivity contribution >= 4 is 8.03 Å². The maximum Gasteiger partial charge on any atom is 0.308 e. The molecule has 0 aliphatic rings. The first-order chi connectivity index (χ1) is 9.98. The molecule has 0 aromatic heterocycles. The van der Waals surface area contributed by atoms with E-state index in [0.717, 1.165) is 17.4 Å². The first kappa shape index (κ1) is 21.0. The summed E-state index contributed by atoms with van der Waals surface area (Å²) in [5.41, 5.74) is 0. The summed E-state index contributed by atoms with van der Waals surface area (Å²) in [5, 5.41) is 0.